The number of hydrogen-bond donors (Lipinski definition) is 1. The highest BCUT2D eigenvalue weighted by molar-refractivity contribution is 5.94. The lowest BCUT2D eigenvalue weighted by molar-refractivity contribution is -0.167. The molecule has 5 nitrogen and oxygen atoms in total. The maximum atomic E-state index is 12.3. The minimum Gasteiger partial charge on any atom is -0.497 e. The van der Waals surface area contributed by atoms with Crippen molar-refractivity contribution >= 4 is 11.8 Å². The van der Waals surface area contributed by atoms with Crippen LogP contribution in [0.5, 0.6) is 5.75 Å². The number of carbonyl (C=O) groups is 2. The number of likely N-dealkylation sites (tertiary alicyclic amines) is 1. The summed E-state index contributed by atoms with van der Waals surface area (Å²) >= 11 is 0. The largest absolute Gasteiger partial charge is 0.497 e. The number of rotatable bonds is 3. The van der Waals surface area contributed by atoms with E-state index in [9.17, 15) is 9.59 Å². The predicted molar refractivity (Wildman–Crippen MR) is 73.1 cm³/mol. The first-order valence-corrected chi connectivity index (χ1v) is 6.82. The number of amides is 2. The molecule has 1 aromatic carbocycles. The number of ether oxygens (including phenoxy) is 1. The minimum absolute atomic E-state index is 0.00584. The van der Waals surface area contributed by atoms with E-state index >= 15 is 0 Å². The second-order valence-corrected chi connectivity index (χ2v) is 5.57. The average Bonchev–Trinajstić information content (AvgIpc) is 2.47. The number of nitrogens with zero attached hydrogens (tertiary/aromatic N) is 1. The van der Waals surface area contributed by atoms with Gasteiger partial charge in [0, 0.05) is 26.1 Å². The third kappa shape index (κ3) is 2.13. The molecule has 1 spiro atoms. The van der Waals surface area contributed by atoms with Crippen molar-refractivity contribution in [2.45, 2.75) is 19.4 Å². The van der Waals surface area contributed by atoms with Gasteiger partial charge in [-0.1, -0.05) is 12.1 Å². The van der Waals surface area contributed by atoms with E-state index in [1.165, 1.54) is 0 Å². The van der Waals surface area contributed by atoms with Crippen molar-refractivity contribution < 1.29 is 14.3 Å². The highest BCUT2D eigenvalue weighted by atomic mass is 16.5. The van der Waals surface area contributed by atoms with Gasteiger partial charge < -0.3 is 15.0 Å². The Morgan fingerprint density at radius 1 is 1.30 bits per heavy atom. The van der Waals surface area contributed by atoms with Crippen molar-refractivity contribution in [1.29, 1.82) is 0 Å². The smallest absolute Gasteiger partial charge is 0.231 e. The molecular weight excluding hydrogens is 256 g/mol. The number of nitrogens with one attached hydrogen (secondary N) is 1. The molecule has 2 saturated heterocycles. The van der Waals surface area contributed by atoms with Crippen LogP contribution in [0.25, 0.3) is 0 Å². The molecule has 0 aromatic heterocycles. The van der Waals surface area contributed by atoms with E-state index in [4.69, 9.17) is 4.74 Å². The predicted octanol–water partition coefficient (Wildman–Crippen LogP) is 0.934. The van der Waals surface area contributed by atoms with E-state index in [-0.39, 0.29) is 11.8 Å². The van der Waals surface area contributed by atoms with Gasteiger partial charge in [-0.25, -0.2) is 0 Å². The number of methoxy groups -OCH3 is 1. The molecule has 1 atom stereocenters. The maximum Gasteiger partial charge on any atom is 0.231 e. The zero-order valence-electron chi connectivity index (χ0n) is 11.5. The van der Waals surface area contributed by atoms with Gasteiger partial charge in [-0.2, -0.15) is 0 Å². The van der Waals surface area contributed by atoms with Gasteiger partial charge in [-0.05, 0) is 24.1 Å². The first-order chi connectivity index (χ1) is 9.63. The molecule has 1 N–H and O–H groups in total. The van der Waals surface area contributed by atoms with Crippen molar-refractivity contribution in [1.82, 2.24) is 10.2 Å². The number of hydrogen-bond acceptors (Lipinski definition) is 3. The summed E-state index contributed by atoms with van der Waals surface area (Å²) in [5.41, 5.74) is 0.656. The summed E-state index contributed by atoms with van der Waals surface area (Å²) in [6.07, 6.45) is 1.10. The second kappa shape index (κ2) is 4.81. The molecule has 20 heavy (non-hydrogen) atoms. The Morgan fingerprint density at radius 2 is 2.05 bits per heavy atom. The van der Waals surface area contributed by atoms with Gasteiger partial charge >= 0.3 is 0 Å². The molecule has 2 aliphatic rings. The molecule has 0 bridgehead atoms. The van der Waals surface area contributed by atoms with Crippen LogP contribution in [0.3, 0.4) is 0 Å². The number of β-lactam (4-membered cyclic amide) rings is 1. The van der Waals surface area contributed by atoms with Crippen LogP contribution in [0, 0.1) is 5.41 Å². The molecular formula is C15H18N2O3. The topological polar surface area (TPSA) is 58.6 Å². The van der Waals surface area contributed by atoms with E-state index in [1.807, 2.05) is 29.2 Å². The fourth-order valence-electron chi connectivity index (χ4n) is 3.04. The van der Waals surface area contributed by atoms with Crippen LogP contribution in [-0.2, 0) is 16.1 Å². The van der Waals surface area contributed by atoms with Crippen LogP contribution < -0.4 is 10.1 Å². The Kier molecular flexibility index (Phi) is 3.12. The fraction of sp³-hybridized carbons (Fsp3) is 0.467. The highest BCUT2D eigenvalue weighted by Crippen LogP contribution is 2.41. The Balaban J connectivity index is 1.63. The third-order valence-corrected chi connectivity index (χ3v) is 4.19. The molecule has 0 radical (unpaired) electrons. The molecule has 1 aromatic rings. The molecule has 2 heterocycles. The summed E-state index contributed by atoms with van der Waals surface area (Å²) in [5.74, 6) is 0.918. The first kappa shape index (κ1) is 13.0. The van der Waals surface area contributed by atoms with Crippen molar-refractivity contribution in [2.24, 2.45) is 5.41 Å². The monoisotopic (exact) mass is 274 g/mol. The zero-order chi connectivity index (χ0) is 14.2. The Bertz CT molecular complexity index is 541. The van der Waals surface area contributed by atoms with Gasteiger partial charge in [0.1, 0.15) is 5.75 Å². The minimum atomic E-state index is -0.422. The molecule has 5 heteroatoms. The van der Waals surface area contributed by atoms with Crippen molar-refractivity contribution in [3.05, 3.63) is 29.8 Å². The maximum absolute atomic E-state index is 12.3. The standard InChI is InChI=1S/C15H18N2O3/c1-20-12-4-2-11(3-5-12)9-17-10-15(14(17)19)6-7-16-13(18)8-15/h2-5H,6-10H2,1H3,(H,16,18)/t15-/m1/s1. The molecule has 0 aliphatic carbocycles. The van der Waals surface area contributed by atoms with E-state index in [0.29, 0.717) is 26.1 Å². The number of piperidine rings is 1. The molecule has 2 aliphatic heterocycles. The number of benzene rings is 1. The van der Waals surface area contributed by atoms with Crippen LogP contribution in [0.2, 0.25) is 0 Å². The number of carbonyl (C=O) groups excluding carboxylic acids is 2. The molecule has 2 amide bonds. The van der Waals surface area contributed by atoms with Crippen LogP contribution in [0.1, 0.15) is 18.4 Å². The lowest BCUT2D eigenvalue weighted by Crippen LogP contribution is -2.64. The van der Waals surface area contributed by atoms with E-state index < -0.39 is 5.41 Å². The zero-order valence-corrected chi connectivity index (χ0v) is 11.5. The molecule has 0 saturated carbocycles. The lowest BCUT2D eigenvalue weighted by Gasteiger charge is -2.50. The Hall–Kier alpha value is -2.04. The van der Waals surface area contributed by atoms with Crippen molar-refractivity contribution in [2.75, 3.05) is 20.2 Å². The van der Waals surface area contributed by atoms with Crippen molar-refractivity contribution in [3.8, 4) is 5.75 Å². The van der Waals surface area contributed by atoms with Gasteiger partial charge in [0.25, 0.3) is 0 Å². The van der Waals surface area contributed by atoms with E-state index in [2.05, 4.69) is 5.32 Å². The van der Waals surface area contributed by atoms with Crippen molar-refractivity contribution in [3.63, 3.8) is 0 Å². The fourth-order valence-corrected chi connectivity index (χ4v) is 3.04. The van der Waals surface area contributed by atoms with Crippen LogP contribution >= 0.6 is 0 Å². The summed E-state index contributed by atoms with van der Waals surface area (Å²) in [7, 11) is 1.63. The van der Waals surface area contributed by atoms with E-state index in [0.717, 1.165) is 17.7 Å². The normalized spacial score (nSPS) is 25.4. The summed E-state index contributed by atoms with van der Waals surface area (Å²) in [5, 5.41) is 2.78. The molecule has 0 unspecified atom stereocenters. The summed E-state index contributed by atoms with van der Waals surface area (Å²) < 4.78 is 5.11. The van der Waals surface area contributed by atoms with Gasteiger partial charge in [-0.15, -0.1) is 0 Å². The SMILES string of the molecule is COc1ccc(CN2C[C@]3(CCNC(=O)C3)C2=O)cc1. The van der Waals surface area contributed by atoms with Crippen LogP contribution in [0.15, 0.2) is 24.3 Å². The van der Waals surface area contributed by atoms with E-state index in [1.54, 1.807) is 7.11 Å². The quantitative estimate of drug-likeness (QED) is 0.834. The molecule has 2 fully saturated rings. The second-order valence-electron chi connectivity index (χ2n) is 5.57. The summed E-state index contributed by atoms with van der Waals surface area (Å²) in [6, 6.07) is 7.71. The van der Waals surface area contributed by atoms with Gasteiger partial charge in [0.15, 0.2) is 0 Å². The molecule has 106 valence electrons. The van der Waals surface area contributed by atoms with Gasteiger partial charge in [0.2, 0.25) is 11.8 Å². The van der Waals surface area contributed by atoms with Crippen LogP contribution in [0.4, 0.5) is 0 Å². The summed E-state index contributed by atoms with van der Waals surface area (Å²) in [4.78, 5) is 25.6. The van der Waals surface area contributed by atoms with Gasteiger partial charge in [0.05, 0.1) is 12.5 Å². The van der Waals surface area contributed by atoms with Crippen LogP contribution in [-0.4, -0.2) is 36.9 Å². The summed E-state index contributed by atoms with van der Waals surface area (Å²) in [6.45, 7) is 1.90. The molecule has 3 rings (SSSR count). The Morgan fingerprint density at radius 3 is 2.65 bits per heavy atom. The third-order valence-electron chi connectivity index (χ3n) is 4.19. The first-order valence-electron chi connectivity index (χ1n) is 6.82. The average molecular weight is 274 g/mol. The highest BCUT2D eigenvalue weighted by Gasteiger charge is 2.53. The lowest BCUT2D eigenvalue weighted by atomic mass is 9.71. The van der Waals surface area contributed by atoms with Gasteiger partial charge in [-0.3, -0.25) is 9.59 Å². The Labute approximate surface area is 117 Å².